The molecule has 1 atom stereocenters. The van der Waals surface area contributed by atoms with Gasteiger partial charge >= 0.3 is 0 Å². The summed E-state index contributed by atoms with van der Waals surface area (Å²) in [6.07, 6.45) is 5.29. The maximum Gasteiger partial charge on any atom is 0.221 e. The fourth-order valence-electron chi connectivity index (χ4n) is 1.80. The number of amides is 1. The summed E-state index contributed by atoms with van der Waals surface area (Å²) in [7, 11) is 0. The molecule has 96 valence electrons. The first kappa shape index (κ1) is 12.7. The largest absolute Gasteiger partial charge is 0.364 e. The second kappa shape index (κ2) is 6.28. The standard InChI is InChI=1S/C12H21N3OS/c1-2-3-10-8-14-12(17-10)13-7-6-11(16)15-9-4-5-9/h9-10H,2-8H2,1H3,(H,13,14)(H,15,16). The number of rotatable bonds is 6. The summed E-state index contributed by atoms with van der Waals surface area (Å²) < 4.78 is 0. The van der Waals surface area contributed by atoms with Crippen molar-refractivity contribution in [3.05, 3.63) is 0 Å². The van der Waals surface area contributed by atoms with Gasteiger partial charge in [-0.2, -0.15) is 0 Å². The van der Waals surface area contributed by atoms with Crippen LogP contribution in [0.4, 0.5) is 0 Å². The second-order valence-corrected chi connectivity index (χ2v) is 5.98. The fraction of sp³-hybridized carbons (Fsp3) is 0.833. The second-order valence-electron chi connectivity index (χ2n) is 4.69. The highest BCUT2D eigenvalue weighted by atomic mass is 32.2. The average molecular weight is 255 g/mol. The Labute approximate surface area is 107 Å². The molecular weight excluding hydrogens is 234 g/mol. The number of carbonyl (C=O) groups is 1. The first-order valence-electron chi connectivity index (χ1n) is 6.52. The molecule has 0 radical (unpaired) electrons. The van der Waals surface area contributed by atoms with Gasteiger partial charge in [0, 0.05) is 24.3 Å². The van der Waals surface area contributed by atoms with E-state index in [1.807, 2.05) is 11.8 Å². The SMILES string of the molecule is CCCC1CN=C(NCCC(=O)NC2CC2)S1. The molecule has 0 aromatic carbocycles. The van der Waals surface area contributed by atoms with Crippen LogP contribution in [-0.4, -0.2) is 35.5 Å². The molecule has 17 heavy (non-hydrogen) atoms. The molecule has 1 heterocycles. The number of aliphatic imine (C=N–C) groups is 1. The molecule has 1 fully saturated rings. The van der Waals surface area contributed by atoms with Gasteiger partial charge in [-0.15, -0.1) is 0 Å². The van der Waals surface area contributed by atoms with Crippen LogP contribution >= 0.6 is 11.8 Å². The third kappa shape index (κ3) is 4.58. The van der Waals surface area contributed by atoms with Crippen LogP contribution < -0.4 is 10.6 Å². The smallest absolute Gasteiger partial charge is 0.221 e. The molecule has 1 unspecified atom stereocenters. The van der Waals surface area contributed by atoms with E-state index >= 15 is 0 Å². The lowest BCUT2D eigenvalue weighted by Gasteiger charge is -2.08. The Hall–Kier alpha value is -0.710. The highest BCUT2D eigenvalue weighted by Gasteiger charge is 2.23. The zero-order valence-corrected chi connectivity index (χ0v) is 11.2. The van der Waals surface area contributed by atoms with Gasteiger partial charge in [0.15, 0.2) is 5.17 Å². The monoisotopic (exact) mass is 255 g/mol. The van der Waals surface area contributed by atoms with Gasteiger partial charge in [-0.3, -0.25) is 9.79 Å². The Morgan fingerprint density at radius 1 is 1.53 bits per heavy atom. The van der Waals surface area contributed by atoms with Crippen LogP contribution in [-0.2, 0) is 4.79 Å². The van der Waals surface area contributed by atoms with E-state index in [1.54, 1.807) is 0 Å². The first-order chi connectivity index (χ1) is 8.28. The predicted molar refractivity (Wildman–Crippen MR) is 72.4 cm³/mol. The molecule has 2 aliphatic rings. The minimum atomic E-state index is 0.161. The number of hydrogen-bond acceptors (Lipinski definition) is 4. The zero-order valence-electron chi connectivity index (χ0n) is 10.4. The molecule has 0 spiro atoms. The Bertz CT molecular complexity index is 302. The summed E-state index contributed by atoms with van der Waals surface area (Å²) in [5, 5.41) is 7.89. The van der Waals surface area contributed by atoms with Gasteiger partial charge < -0.3 is 10.6 Å². The molecule has 1 aliphatic heterocycles. The van der Waals surface area contributed by atoms with E-state index in [0.717, 1.165) is 24.6 Å². The number of nitrogens with one attached hydrogen (secondary N) is 2. The van der Waals surface area contributed by atoms with Gasteiger partial charge in [-0.1, -0.05) is 25.1 Å². The minimum absolute atomic E-state index is 0.161. The molecule has 1 amide bonds. The van der Waals surface area contributed by atoms with Gasteiger partial charge in [0.1, 0.15) is 0 Å². The average Bonchev–Trinajstić information content (AvgIpc) is 2.99. The van der Waals surface area contributed by atoms with Crippen molar-refractivity contribution in [2.75, 3.05) is 13.1 Å². The molecule has 2 rings (SSSR count). The van der Waals surface area contributed by atoms with Gasteiger partial charge in [-0.05, 0) is 19.3 Å². The number of amidine groups is 1. The van der Waals surface area contributed by atoms with Gasteiger partial charge in [0.05, 0.1) is 6.54 Å². The highest BCUT2D eigenvalue weighted by Crippen LogP contribution is 2.23. The lowest BCUT2D eigenvalue weighted by molar-refractivity contribution is -0.121. The van der Waals surface area contributed by atoms with E-state index in [4.69, 9.17) is 0 Å². The van der Waals surface area contributed by atoms with Crippen LogP contribution in [0.25, 0.3) is 0 Å². The molecule has 0 aromatic rings. The lowest BCUT2D eigenvalue weighted by Crippen LogP contribution is -2.30. The third-order valence-corrected chi connectivity index (χ3v) is 4.11. The third-order valence-electron chi connectivity index (χ3n) is 2.90. The van der Waals surface area contributed by atoms with Gasteiger partial charge in [0.2, 0.25) is 5.91 Å². The van der Waals surface area contributed by atoms with E-state index in [0.29, 0.717) is 24.3 Å². The first-order valence-corrected chi connectivity index (χ1v) is 7.40. The van der Waals surface area contributed by atoms with Crippen LogP contribution in [0.2, 0.25) is 0 Å². The minimum Gasteiger partial charge on any atom is -0.364 e. The van der Waals surface area contributed by atoms with E-state index in [2.05, 4.69) is 22.5 Å². The van der Waals surface area contributed by atoms with Crippen molar-refractivity contribution < 1.29 is 4.79 Å². The summed E-state index contributed by atoms with van der Waals surface area (Å²) in [6.45, 7) is 3.83. The Morgan fingerprint density at radius 3 is 3.06 bits per heavy atom. The van der Waals surface area contributed by atoms with Crippen molar-refractivity contribution in [3.8, 4) is 0 Å². The molecule has 1 saturated carbocycles. The summed E-state index contributed by atoms with van der Waals surface area (Å²) in [6, 6.07) is 0.467. The van der Waals surface area contributed by atoms with Crippen molar-refractivity contribution in [2.24, 2.45) is 4.99 Å². The maximum absolute atomic E-state index is 11.4. The van der Waals surface area contributed by atoms with Crippen molar-refractivity contribution in [1.82, 2.24) is 10.6 Å². The van der Waals surface area contributed by atoms with E-state index in [9.17, 15) is 4.79 Å². The van der Waals surface area contributed by atoms with Crippen molar-refractivity contribution in [2.45, 2.75) is 50.3 Å². The molecule has 1 aliphatic carbocycles. The topological polar surface area (TPSA) is 53.5 Å². The van der Waals surface area contributed by atoms with Crippen LogP contribution in [0.3, 0.4) is 0 Å². The number of nitrogens with zero attached hydrogens (tertiary/aromatic N) is 1. The molecule has 2 N–H and O–H groups in total. The Balaban J connectivity index is 1.54. The molecule has 5 heteroatoms. The Morgan fingerprint density at radius 2 is 2.35 bits per heavy atom. The van der Waals surface area contributed by atoms with Crippen LogP contribution in [0.1, 0.15) is 39.0 Å². The van der Waals surface area contributed by atoms with Crippen LogP contribution in [0.15, 0.2) is 4.99 Å². The maximum atomic E-state index is 11.4. The van der Waals surface area contributed by atoms with Crippen molar-refractivity contribution >= 4 is 22.8 Å². The number of hydrogen-bond donors (Lipinski definition) is 2. The lowest BCUT2D eigenvalue weighted by atomic mass is 10.2. The number of carbonyl (C=O) groups excluding carboxylic acids is 1. The van der Waals surface area contributed by atoms with E-state index < -0.39 is 0 Å². The zero-order chi connectivity index (χ0) is 12.1. The van der Waals surface area contributed by atoms with E-state index in [-0.39, 0.29) is 5.91 Å². The van der Waals surface area contributed by atoms with Gasteiger partial charge in [0.25, 0.3) is 0 Å². The summed E-state index contributed by atoms with van der Waals surface area (Å²) in [5.41, 5.74) is 0. The molecule has 0 aromatic heterocycles. The van der Waals surface area contributed by atoms with Gasteiger partial charge in [-0.25, -0.2) is 0 Å². The predicted octanol–water partition coefficient (Wildman–Crippen LogP) is 1.52. The summed E-state index contributed by atoms with van der Waals surface area (Å²) in [4.78, 5) is 15.9. The highest BCUT2D eigenvalue weighted by molar-refractivity contribution is 8.14. The molecule has 0 bridgehead atoms. The number of thioether (sulfide) groups is 1. The van der Waals surface area contributed by atoms with Crippen molar-refractivity contribution in [1.29, 1.82) is 0 Å². The normalized spacial score (nSPS) is 23.4. The molecular formula is C12H21N3OS. The van der Waals surface area contributed by atoms with E-state index in [1.165, 1.54) is 12.8 Å². The summed E-state index contributed by atoms with van der Waals surface area (Å²) >= 11 is 1.82. The van der Waals surface area contributed by atoms with Crippen molar-refractivity contribution in [3.63, 3.8) is 0 Å². The van der Waals surface area contributed by atoms with Crippen LogP contribution in [0, 0.1) is 0 Å². The fourth-order valence-corrected chi connectivity index (χ4v) is 2.95. The Kier molecular flexibility index (Phi) is 4.71. The molecule has 0 saturated heterocycles. The quantitative estimate of drug-likeness (QED) is 0.756. The summed E-state index contributed by atoms with van der Waals surface area (Å²) in [5.74, 6) is 0.161. The molecule has 4 nitrogen and oxygen atoms in total. The van der Waals surface area contributed by atoms with Crippen LogP contribution in [0.5, 0.6) is 0 Å².